The molecule has 1 unspecified atom stereocenters. The van der Waals surface area contributed by atoms with Crippen LogP contribution in [0, 0.1) is 13.8 Å². The Morgan fingerprint density at radius 2 is 1.82 bits per heavy atom. The number of nitrogens with zero attached hydrogens (tertiary/aromatic N) is 3. The standard InChI is InChI=1S/C12H22N4O/c1-9-6-10(2)15-11(14-9)13-7-12(3,17)8-16(4)5/h6,17H,7-8H2,1-5H3,(H,13,14,15). The Kier molecular flexibility index (Phi) is 4.42. The molecule has 0 aromatic carbocycles. The monoisotopic (exact) mass is 238 g/mol. The molecule has 0 bridgehead atoms. The molecule has 0 saturated heterocycles. The van der Waals surface area contributed by atoms with E-state index in [1.807, 2.05) is 38.9 Å². The van der Waals surface area contributed by atoms with Crippen LogP contribution in [0.4, 0.5) is 5.95 Å². The first-order valence-electron chi connectivity index (χ1n) is 5.72. The summed E-state index contributed by atoms with van der Waals surface area (Å²) in [5, 5.41) is 13.2. The summed E-state index contributed by atoms with van der Waals surface area (Å²) in [7, 11) is 3.86. The molecular formula is C12H22N4O. The molecule has 1 rings (SSSR count). The third-order valence-corrected chi connectivity index (χ3v) is 2.27. The van der Waals surface area contributed by atoms with Gasteiger partial charge in [-0.2, -0.15) is 0 Å². The predicted molar refractivity (Wildman–Crippen MR) is 69.2 cm³/mol. The summed E-state index contributed by atoms with van der Waals surface area (Å²) in [5.74, 6) is 0.571. The Bertz CT molecular complexity index is 357. The number of rotatable bonds is 5. The Morgan fingerprint density at radius 1 is 1.29 bits per heavy atom. The normalized spacial score (nSPS) is 14.8. The van der Waals surface area contributed by atoms with Crippen molar-refractivity contribution in [2.75, 3.05) is 32.5 Å². The van der Waals surface area contributed by atoms with E-state index in [0.717, 1.165) is 11.4 Å². The van der Waals surface area contributed by atoms with Crippen LogP contribution in [0.3, 0.4) is 0 Å². The molecule has 0 fully saturated rings. The van der Waals surface area contributed by atoms with Gasteiger partial charge in [0.25, 0.3) is 0 Å². The predicted octanol–water partition coefficient (Wildman–Crippen LogP) is 0.818. The fraction of sp³-hybridized carbons (Fsp3) is 0.667. The van der Waals surface area contributed by atoms with E-state index in [4.69, 9.17) is 0 Å². The van der Waals surface area contributed by atoms with Crippen molar-refractivity contribution >= 4 is 5.95 Å². The molecule has 5 nitrogen and oxygen atoms in total. The Hall–Kier alpha value is -1.20. The minimum Gasteiger partial charge on any atom is -0.387 e. The number of aliphatic hydroxyl groups is 1. The fourth-order valence-corrected chi connectivity index (χ4v) is 1.81. The van der Waals surface area contributed by atoms with Gasteiger partial charge in [0.15, 0.2) is 0 Å². The van der Waals surface area contributed by atoms with E-state index in [1.54, 1.807) is 6.92 Å². The van der Waals surface area contributed by atoms with Crippen molar-refractivity contribution < 1.29 is 5.11 Å². The second kappa shape index (κ2) is 5.42. The fourth-order valence-electron chi connectivity index (χ4n) is 1.81. The van der Waals surface area contributed by atoms with E-state index in [-0.39, 0.29) is 0 Å². The van der Waals surface area contributed by atoms with Crippen molar-refractivity contribution in [1.82, 2.24) is 14.9 Å². The Balaban J connectivity index is 2.60. The highest BCUT2D eigenvalue weighted by molar-refractivity contribution is 5.28. The van der Waals surface area contributed by atoms with Gasteiger partial charge in [-0.05, 0) is 40.9 Å². The van der Waals surface area contributed by atoms with Gasteiger partial charge in [-0.15, -0.1) is 0 Å². The highest BCUT2D eigenvalue weighted by atomic mass is 16.3. The number of hydrogen-bond acceptors (Lipinski definition) is 5. The van der Waals surface area contributed by atoms with Gasteiger partial charge in [-0.25, -0.2) is 9.97 Å². The van der Waals surface area contributed by atoms with Crippen molar-refractivity contribution in [2.45, 2.75) is 26.4 Å². The smallest absolute Gasteiger partial charge is 0.223 e. The first-order valence-corrected chi connectivity index (χ1v) is 5.72. The van der Waals surface area contributed by atoms with Crippen LogP contribution in [0.5, 0.6) is 0 Å². The van der Waals surface area contributed by atoms with Crippen LogP contribution >= 0.6 is 0 Å². The maximum atomic E-state index is 10.1. The molecule has 17 heavy (non-hydrogen) atoms. The van der Waals surface area contributed by atoms with Gasteiger partial charge in [-0.3, -0.25) is 0 Å². The highest BCUT2D eigenvalue weighted by Crippen LogP contribution is 2.08. The van der Waals surface area contributed by atoms with Crippen molar-refractivity contribution in [3.8, 4) is 0 Å². The summed E-state index contributed by atoms with van der Waals surface area (Å²) in [6.45, 7) is 6.66. The molecule has 96 valence electrons. The van der Waals surface area contributed by atoms with Gasteiger partial charge in [0.05, 0.1) is 5.60 Å². The molecule has 0 saturated carbocycles. The van der Waals surface area contributed by atoms with Crippen molar-refractivity contribution in [3.63, 3.8) is 0 Å². The number of likely N-dealkylation sites (N-methyl/N-ethyl adjacent to an activating group) is 1. The molecule has 1 atom stereocenters. The van der Waals surface area contributed by atoms with Crippen molar-refractivity contribution in [3.05, 3.63) is 17.5 Å². The third kappa shape index (κ3) is 5.10. The van der Waals surface area contributed by atoms with Crippen LogP contribution in [0.2, 0.25) is 0 Å². The third-order valence-electron chi connectivity index (χ3n) is 2.27. The molecule has 1 heterocycles. The molecule has 0 aliphatic heterocycles. The van der Waals surface area contributed by atoms with E-state index in [2.05, 4.69) is 15.3 Å². The van der Waals surface area contributed by atoms with Crippen LogP contribution in [0.15, 0.2) is 6.07 Å². The molecule has 0 radical (unpaired) electrons. The molecular weight excluding hydrogens is 216 g/mol. The average Bonchev–Trinajstić information content (AvgIpc) is 2.11. The largest absolute Gasteiger partial charge is 0.387 e. The van der Waals surface area contributed by atoms with E-state index in [0.29, 0.717) is 19.0 Å². The quantitative estimate of drug-likeness (QED) is 0.795. The summed E-state index contributed by atoms with van der Waals surface area (Å²) < 4.78 is 0. The molecule has 0 aliphatic rings. The van der Waals surface area contributed by atoms with Crippen LogP contribution in [0.25, 0.3) is 0 Å². The molecule has 0 aliphatic carbocycles. The lowest BCUT2D eigenvalue weighted by Gasteiger charge is -2.27. The maximum absolute atomic E-state index is 10.1. The number of aryl methyl sites for hydroxylation is 2. The first kappa shape index (κ1) is 13.9. The van der Waals surface area contributed by atoms with E-state index in [1.165, 1.54) is 0 Å². The van der Waals surface area contributed by atoms with Crippen LogP contribution in [-0.2, 0) is 0 Å². The van der Waals surface area contributed by atoms with Gasteiger partial charge < -0.3 is 15.3 Å². The lowest BCUT2D eigenvalue weighted by Crippen LogP contribution is -2.43. The van der Waals surface area contributed by atoms with Crippen molar-refractivity contribution in [1.29, 1.82) is 0 Å². The molecule has 2 N–H and O–H groups in total. The number of aromatic nitrogens is 2. The Morgan fingerprint density at radius 3 is 2.29 bits per heavy atom. The molecule has 0 amide bonds. The zero-order valence-electron chi connectivity index (χ0n) is 11.3. The van der Waals surface area contributed by atoms with Gasteiger partial charge >= 0.3 is 0 Å². The molecule has 0 spiro atoms. The summed E-state index contributed by atoms with van der Waals surface area (Å²) in [5.41, 5.74) is 1.05. The van der Waals surface area contributed by atoms with Crippen molar-refractivity contribution in [2.24, 2.45) is 0 Å². The highest BCUT2D eigenvalue weighted by Gasteiger charge is 2.21. The van der Waals surface area contributed by atoms with Gasteiger partial charge in [0.1, 0.15) is 0 Å². The first-order chi connectivity index (χ1) is 7.78. The summed E-state index contributed by atoms with van der Waals surface area (Å²) in [6.07, 6.45) is 0. The second-order valence-electron chi connectivity index (χ2n) is 5.06. The second-order valence-corrected chi connectivity index (χ2v) is 5.06. The number of nitrogens with one attached hydrogen (secondary N) is 1. The SMILES string of the molecule is Cc1cc(C)nc(NCC(C)(O)CN(C)C)n1. The lowest BCUT2D eigenvalue weighted by molar-refractivity contribution is 0.0458. The van der Waals surface area contributed by atoms with Crippen LogP contribution in [0.1, 0.15) is 18.3 Å². The van der Waals surface area contributed by atoms with E-state index < -0.39 is 5.60 Å². The van der Waals surface area contributed by atoms with Gasteiger partial charge in [0, 0.05) is 24.5 Å². The minimum atomic E-state index is -0.801. The van der Waals surface area contributed by atoms with Crippen LogP contribution < -0.4 is 5.32 Å². The Labute approximate surface area is 103 Å². The summed E-state index contributed by atoms with van der Waals surface area (Å²) in [4.78, 5) is 10.5. The summed E-state index contributed by atoms with van der Waals surface area (Å²) in [6, 6.07) is 1.92. The average molecular weight is 238 g/mol. The molecule has 1 aromatic heterocycles. The molecule has 1 aromatic rings. The van der Waals surface area contributed by atoms with Gasteiger partial charge in [-0.1, -0.05) is 0 Å². The zero-order valence-corrected chi connectivity index (χ0v) is 11.3. The number of hydrogen-bond donors (Lipinski definition) is 2. The minimum absolute atomic E-state index is 0.425. The van der Waals surface area contributed by atoms with Crippen LogP contribution in [-0.4, -0.2) is 52.8 Å². The maximum Gasteiger partial charge on any atom is 0.223 e. The van der Waals surface area contributed by atoms with E-state index in [9.17, 15) is 5.11 Å². The topological polar surface area (TPSA) is 61.3 Å². The lowest BCUT2D eigenvalue weighted by atomic mass is 10.1. The van der Waals surface area contributed by atoms with E-state index >= 15 is 0 Å². The zero-order chi connectivity index (χ0) is 13.1. The number of anilines is 1. The van der Waals surface area contributed by atoms with Gasteiger partial charge in [0.2, 0.25) is 5.95 Å². The molecule has 5 heteroatoms. The summed E-state index contributed by atoms with van der Waals surface area (Å²) >= 11 is 0.